The molecule has 0 amide bonds. The van der Waals surface area contributed by atoms with E-state index in [9.17, 15) is 19.2 Å². The maximum absolute atomic E-state index is 13.3. The lowest BCUT2D eigenvalue weighted by Crippen LogP contribution is -2.64. The number of ether oxygens (including phenoxy) is 6. The Bertz CT molecular complexity index is 1500. The van der Waals surface area contributed by atoms with Crippen LogP contribution >= 0.6 is 0 Å². The summed E-state index contributed by atoms with van der Waals surface area (Å²) in [6.07, 6.45) is -0.659. The van der Waals surface area contributed by atoms with Crippen molar-refractivity contribution in [3.8, 4) is 17.2 Å². The minimum atomic E-state index is -2.21. The van der Waals surface area contributed by atoms with Crippen LogP contribution in [0.15, 0.2) is 84.6 Å². The molecule has 0 aromatic heterocycles. The van der Waals surface area contributed by atoms with Crippen molar-refractivity contribution in [2.24, 2.45) is 0 Å². The number of fused-ring (bicyclic) bond motifs is 2. The number of Topliss-reactive ketones (excluding diaryl/α,β-unsaturated/α-hetero) is 2. The highest BCUT2D eigenvalue weighted by Crippen LogP contribution is 2.48. The summed E-state index contributed by atoms with van der Waals surface area (Å²) < 4.78 is 33.5. The number of ketones is 2. The predicted molar refractivity (Wildman–Crippen MR) is 138 cm³/mol. The minimum Gasteiger partial charge on any atom is -0.485 e. The SMILES string of the molecule is COC(=O)c1cc(OCc2ccccc2)c2c(c1)OC1C(=O)C(=O)C(OCc3ccccc3)=CC1(C(=O)OC)O2. The largest absolute Gasteiger partial charge is 0.485 e. The second-order valence-corrected chi connectivity index (χ2v) is 8.93. The number of carbonyl (C=O) groups excluding carboxylic acids is 4. The third-order valence-corrected chi connectivity index (χ3v) is 6.36. The van der Waals surface area contributed by atoms with Gasteiger partial charge in [-0.25, -0.2) is 9.59 Å². The number of hydrogen-bond acceptors (Lipinski definition) is 10. The van der Waals surface area contributed by atoms with Crippen LogP contribution in [0.3, 0.4) is 0 Å². The molecule has 0 N–H and O–H groups in total. The zero-order valence-corrected chi connectivity index (χ0v) is 21.6. The average molecular weight is 545 g/mol. The summed E-state index contributed by atoms with van der Waals surface area (Å²) in [5.74, 6) is -4.33. The second-order valence-electron chi connectivity index (χ2n) is 8.93. The number of carbonyl (C=O) groups is 4. The Hall–Kier alpha value is -5.12. The monoisotopic (exact) mass is 544 g/mol. The molecule has 204 valence electrons. The molecule has 5 rings (SSSR count). The van der Waals surface area contributed by atoms with Gasteiger partial charge in [-0.3, -0.25) is 9.59 Å². The Labute approximate surface area is 229 Å². The number of hydrogen-bond donors (Lipinski definition) is 0. The Morgan fingerprint density at radius 3 is 2.08 bits per heavy atom. The molecule has 2 aliphatic rings. The van der Waals surface area contributed by atoms with Crippen LogP contribution in [0.1, 0.15) is 21.5 Å². The number of esters is 2. The van der Waals surface area contributed by atoms with E-state index in [4.69, 9.17) is 28.4 Å². The first-order valence-corrected chi connectivity index (χ1v) is 12.2. The van der Waals surface area contributed by atoms with Crippen LogP contribution < -0.4 is 14.2 Å². The van der Waals surface area contributed by atoms with E-state index in [-0.39, 0.29) is 41.8 Å². The van der Waals surface area contributed by atoms with E-state index in [1.807, 2.05) is 36.4 Å². The number of methoxy groups -OCH3 is 2. The molecular formula is C30H24O10. The molecule has 2 unspecified atom stereocenters. The normalized spacial score (nSPS) is 19.1. The molecule has 0 radical (unpaired) electrons. The molecular weight excluding hydrogens is 520 g/mol. The molecule has 0 fully saturated rings. The van der Waals surface area contributed by atoms with Crippen LogP contribution in [0.4, 0.5) is 0 Å². The summed E-state index contributed by atoms with van der Waals surface area (Å²) in [7, 11) is 2.32. The fourth-order valence-electron chi connectivity index (χ4n) is 4.34. The maximum atomic E-state index is 13.3. The van der Waals surface area contributed by atoms with Crippen LogP contribution in [-0.2, 0) is 41.8 Å². The van der Waals surface area contributed by atoms with E-state index in [0.29, 0.717) is 0 Å². The fourth-order valence-corrected chi connectivity index (χ4v) is 4.34. The first-order valence-electron chi connectivity index (χ1n) is 12.2. The van der Waals surface area contributed by atoms with Gasteiger partial charge in [-0.05, 0) is 23.3 Å². The van der Waals surface area contributed by atoms with Gasteiger partial charge in [0.1, 0.15) is 13.2 Å². The molecule has 1 aliphatic heterocycles. The quantitative estimate of drug-likeness (QED) is 0.308. The highest BCUT2D eigenvalue weighted by atomic mass is 16.6. The van der Waals surface area contributed by atoms with Crippen LogP contribution in [-0.4, -0.2) is 49.4 Å². The highest BCUT2D eigenvalue weighted by molar-refractivity contribution is 6.46. The van der Waals surface area contributed by atoms with E-state index in [0.717, 1.165) is 24.3 Å². The van der Waals surface area contributed by atoms with Crippen LogP contribution in [0.25, 0.3) is 0 Å². The van der Waals surface area contributed by atoms with Gasteiger partial charge in [0.15, 0.2) is 17.3 Å². The van der Waals surface area contributed by atoms with Gasteiger partial charge >= 0.3 is 11.9 Å². The topological polar surface area (TPSA) is 124 Å². The van der Waals surface area contributed by atoms with E-state index in [1.165, 1.54) is 19.2 Å². The van der Waals surface area contributed by atoms with E-state index in [1.54, 1.807) is 24.3 Å². The van der Waals surface area contributed by atoms with Gasteiger partial charge in [-0.15, -0.1) is 0 Å². The molecule has 0 bridgehead atoms. The van der Waals surface area contributed by atoms with Crippen molar-refractivity contribution in [1.82, 2.24) is 0 Å². The summed E-state index contributed by atoms with van der Waals surface area (Å²) in [5.41, 5.74) is -0.630. The Morgan fingerprint density at radius 1 is 0.850 bits per heavy atom. The first kappa shape index (κ1) is 26.5. The maximum Gasteiger partial charge on any atom is 0.359 e. The van der Waals surface area contributed by atoms with Gasteiger partial charge in [0, 0.05) is 6.08 Å². The third kappa shape index (κ3) is 4.86. The lowest BCUT2D eigenvalue weighted by molar-refractivity contribution is -0.172. The molecule has 40 heavy (non-hydrogen) atoms. The van der Waals surface area contributed by atoms with Crippen molar-refractivity contribution >= 4 is 23.5 Å². The second kappa shape index (κ2) is 10.9. The van der Waals surface area contributed by atoms with Crippen molar-refractivity contribution in [3.05, 3.63) is 101 Å². The lowest BCUT2D eigenvalue weighted by Gasteiger charge is -2.41. The van der Waals surface area contributed by atoms with E-state index < -0.39 is 35.2 Å². The summed E-state index contributed by atoms with van der Waals surface area (Å²) in [5, 5.41) is 0. The molecule has 10 nitrogen and oxygen atoms in total. The highest BCUT2D eigenvalue weighted by Gasteiger charge is 2.62. The molecule has 1 heterocycles. The van der Waals surface area contributed by atoms with E-state index in [2.05, 4.69) is 0 Å². The smallest absolute Gasteiger partial charge is 0.359 e. The molecule has 0 saturated carbocycles. The van der Waals surface area contributed by atoms with Gasteiger partial charge in [0.25, 0.3) is 17.2 Å². The number of allylic oxidation sites excluding steroid dienone is 1. The molecule has 2 atom stereocenters. The van der Waals surface area contributed by atoms with E-state index >= 15 is 0 Å². The average Bonchev–Trinajstić information content (AvgIpc) is 3.00. The third-order valence-electron chi connectivity index (χ3n) is 6.36. The Kier molecular flexibility index (Phi) is 7.24. The van der Waals surface area contributed by atoms with Crippen molar-refractivity contribution in [2.45, 2.75) is 24.9 Å². The Balaban J connectivity index is 1.57. The summed E-state index contributed by atoms with van der Waals surface area (Å²) in [6, 6.07) is 20.8. The standard InChI is InChI=1S/C30H24O10/c1-35-28(33)20-13-21(37-16-18-9-5-3-6-10-18)26-22(14-20)39-27-25(32)24(31)23(15-30(27,40-26)29(34)36-2)38-17-19-11-7-4-8-12-19/h3-15,27H,16-17H2,1-2H3. The minimum absolute atomic E-state index is 0.0352. The van der Waals surface area contributed by atoms with Gasteiger partial charge in [-0.1, -0.05) is 60.7 Å². The molecule has 3 aromatic rings. The van der Waals surface area contributed by atoms with Gasteiger partial charge in [0.05, 0.1) is 19.8 Å². The van der Waals surface area contributed by atoms with Crippen molar-refractivity contribution < 1.29 is 47.6 Å². The first-order chi connectivity index (χ1) is 19.4. The number of rotatable bonds is 8. The zero-order chi connectivity index (χ0) is 28.3. The van der Waals surface area contributed by atoms with Crippen molar-refractivity contribution in [2.75, 3.05) is 14.2 Å². The van der Waals surface area contributed by atoms with Crippen LogP contribution in [0.5, 0.6) is 17.2 Å². The van der Waals surface area contributed by atoms with Crippen molar-refractivity contribution in [1.29, 1.82) is 0 Å². The summed E-state index contributed by atoms with van der Waals surface area (Å²) >= 11 is 0. The molecule has 0 spiro atoms. The summed E-state index contributed by atoms with van der Waals surface area (Å²) in [6.45, 7) is 0.0353. The molecule has 0 saturated heterocycles. The van der Waals surface area contributed by atoms with Crippen LogP contribution in [0.2, 0.25) is 0 Å². The lowest BCUT2D eigenvalue weighted by atomic mass is 9.83. The predicted octanol–water partition coefficient (Wildman–Crippen LogP) is 3.36. The number of benzene rings is 3. The molecule has 3 aromatic carbocycles. The fraction of sp³-hybridized carbons (Fsp3) is 0.200. The zero-order valence-electron chi connectivity index (χ0n) is 21.6. The van der Waals surface area contributed by atoms with Gasteiger partial charge in [0.2, 0.25) is 11.9 Å². The van der Waals surface area contributed by atoms with Crippen molar-refractivity contribution in [3.63, 3.8) is 0 Å². The summed E-state index contributed by atoms with van der Waals surface area (Å²) in [4.78, 5) is 51.9. The van der Waals surface area contributed by atoms with Gasteiger partial charge < -0.3 is 28.4 Å². The molecule has 1 aliphatic carbocycles. The molecule has 10 heteroatoms. The van der Waals surface area contributed by atoms with Crippen LogP contribution in [0, 0.1) is 0 Å². The van der Waals surface area contributed by atoms with Gasteiger partial charge in [-0.2, -0.15) is 0 Å². The Morgan fingerprint density at radius 2 is 1.48 bits per heavy atom.